The van der Waals surface area contributed by atoms with Crippen LogP contribution in [0.5, 0.6) is 0 Å². The van der Waals surface area contributed by atoms with Gasteiger partial charge in [0.25, 0.3) is 0 Å². The molecule has 2 heteroatoms. The molecule has 3 atom stereocenters. The van der Waals surface area contributed by atoms with Gasteiger partial charge in [0, 0.05) is 30.7 Å². The first-order chi connectivity index (χ1) is 10.1. The van der Waals surface area contributed by atoms with Crippen molar-refractivity contribution in [3.8, 4) is 0 Å². The molecule has 0 spiro atoms. The SMILES string of the molecule is CCC(C)N1CC(C)(C2CC2)NCC1Cc1ccccc1. The van der Waals surface area contributed by atoms with Crippen molar-refractivity contribution >= 4 is 0 Å². The van der Waals surface area contributed by atoms with E-state index < -0.39 is 0 Å². The van der Waals surface area contributed by atoms with E-state index in [0.717, 1.165) is 12.5 Å². The summed E-state index contributed by atoms with van der Waals surface area (Å²) in [6, 6.07) is 12.3. The molecule has 1 saturated heterocycles. The van der Waals surface area contributed by atoms with Crippen LogP contribution in [-0.2, 0) is 6.42 Å². The average Bonchev–Trinajstić information content (AvgIpc) is 3.35. The molecule has 2 fully saturated rings. The Bertz CT molecular complexity index is 454. The van der Waals surface area contributed by atoms with Gasteiger partial charge in [0.1, 0.15) is 0 Å². The molecule has 1 aromatic carbocycles. The molecule has 1 aliphatic heterocycles. The topological polar surface area (TPSA) is 15.3 Å². The Balaban J connectivity index is 1.73. The van der Waals surface area contributed by atoms with E-state index in [1.54, 1.807) is 0 Å². The van der Waals surface area contributed by atoms with Gasteiger partial charge in [0.2, 0.25) is 0 Å². The largest absolute Gasteiger partial charge is 0.308 e. The van der Waals surface area contributed by atoms with E-state index in [4.69, 9.17) is 0 Å². The summed E-state index contributed by atoms with van der Waals surface area (Å²) in [4.78, 5) is 2.78. The van der Waals surface area contributed by atoms with E-state index in [0.29, 0.717) is 17.6 Å². The maximum absolute atomic E-state index is 3.90. The smallest absolute Gasteiger partial charge is 0.0309 e. The Labute approximate surface area is 129 Å². The van der Waals surface area contributed by atoms with Crippen molar-refractivity contribution in [1.82, 2.24) is 10.2 Å². The number of rotatable bonds is 5. The van der Waals surface area contributed by atoms with E-state index in [1.165, 1.54) is 37.8 Å². The zero-order valence-corrected chi connectivity index (χ0v) is 13.8. The molecular weight excluding hydrogens is 256 g/mol. The van der Waals surface area contributed by atoms with Crippen LogP contribution in [0.4, 0.5) is 0 Å². The molecule has 0 aromatic heterocycles. The fraction of sp³-hybridized carbons (Fsp3) is 0.684. The van der Waals surface area contributed by atoms with Gasteiger partial charge in [-0.2, -0.15) is 0 Å². The molecule has 1 aromatic rings. The second-order valence-electron chi connectivity index (χ2n) is 7.35. The number of benzene rings is 1. The molecule has 116 valence electrons. The molecule has 3 rings (SSSR count). The van der Waals surface area contributed by atoms with Crippen molar-refractivity contribution in [1.29, 1.82) is 0 Å². The van der Waals surface area contributed by atoms with Crippen molar-refractivity contribution in [2.24, 2.45) is 5.92 Å². The van der Waals surface area contributed by atoms with E-state index >= 15 is 0 Å². The van der Waals surface area contributed by atoms with Crippen LogP contribution in [-0.4, -0.2) is 35.6 Å². The lowest BCUT2D eigenvalue weighted by Gasteiger charge is -2.49. The lowest BCUT2D eigenvalue weighted by Crippen LogP contribution is -2.66. The number of nitrogens with zero attached hydrogens (tertiary/aromatic N) is 1. The molecule has 2 aliphatic rings. The lowest BCUT2D eigenvalue weighted by atomic mass is 9.88. The minimum atomic E-state index is 0.344. The molecule has 21 heavy (non-hydrogen) atoms. The first kappa shape index (κ1) is 15.1. The molecule has 1 heterocycles. The van der Waals surface area contributed by atoms with Crippen LogP contribution in [0.25, 0.3) is 0 Å². The molecule has 1 aliphatic carbocycles. The van der Waals surface area contributed by atoms with E-state index in [1.807, 2.05) is 0 Å². The Kier molecular flexibility index (Phi) is 4.37. The fourth-order valence-electron chi connectivity index (χ4n) is 3.85. The van der Waals surface area contributed by atoms with Crippen LogP contribution in [0.2, 0.25) is 0 Å². The summed E-state index contributed by atoms with van der Waals surface area (Å²) in [5.74, 6) is 0.904. The molecule has 2 nitrogen and oxygen atoms in total. The Morgan fingerprint density at radius 2 is 2.00 bits per heavy atom. The zero-order valence-electron chi connectivity index (χ0n) is 13.8. The highest BCUT2D eigenvalue weighted by molar-refractivity contribution is 5.17. The predicted octanol–water partition coefficient (Wildman–Crippen LogP) is 3.47. The maximum atomic E-state index is 3.90. The highest BCUT2D eigenvalue weighted by atomic mass is 15.3. The fourth-order valence-corrected chi connectivity index (χ4v) is 3.85. The summed E-state index contributed by atoms with van der Waals surface area (Å²) >= 11 is 0. The Morgan fingerprint density at radius 3 is 2.62 bits per heavy atom. The van der Waals surface area contributed by atoms with Crippen molar-refractivity contribution in [2.75, 3.05) is 13.1 Å². The summed E-state index contributed by atoms with van der Waals surface area (Å²) in [5, 5.41) is 3.90. The van der Waals surface area contributed by atoms with Crippen LogP contribution in [0.1, 0.15) is 45.6 Å². The summed E-state index contributed by atoms with van der Waals surface area (Å²) in [6.07, 6.45) is 5.24. The van der Waals surface area contributed by atoms with Crippen molar-refractivity contribution < 1.29 is 0 Å². The minimum absolute atomic E-state index is 0.344. The van der Waals surface area contributed by atoms with E-state index in [2.05, 4.69) is 61.3 Å². The van der Waals surface area contributed by atoms with Crippen molar-refractivity contribution in [3.63, 3.8) is 0 Å². The highest BCUT2D eigenvalue weighted by Gasteiger charge is 2.46. The number of piperazine rings is 1. The number of nitrogens with one attached hydrogen (secondary N) is 1. The van der Waals surface area contributed by atoms with Crippen LogP contribution in [0, 0.1) is 5.92 Å². The van der Waals surface area contributed by atoms with Crippen molar-refractivity contribution in [2.45, 2.75) is 64.1 Å². The van der Waals surface area contributed by atoms with Gasteiger partial charge in [-0.25, -0.2) is 0 Å². The second-order valence-corrected chi connectivity index (χ2v) is 7.35. The zero-order chi connectivity index (χ0) is 14.9. The monoisotopic (exact) mass is 286 g/mol. The van der Waals surface area contributed by atoms with Gasteiger partial charge in [-0.1, -0.05) is 37.3 Å². The van der Waals surface area contributed by atoms with Gasteiger partial charge < -0.3 is 5.32 Å². The normalized spacial score (nSPS) is 32.0. The third-order valence-electron chi connectivity index (χ3n) is 5.67. The second kappa shape index (κ2) is 6.10. The molecule has 0 amide bonds. The maximum Gasteiger partial charge on any atom is 0.0309 e. The average molecular weight is 286 g/mol. The van der Waals surface area contributed by atoms with Crippen LogP contribution >= 0.6 is 0 Å². The quantitative estimate of drug-likeness (QED) is 0.891. The van der Waals surface area contributed by atoms with Gasteiger partial charge in [-0.05, 0) is 51.0 Å². The van der Waals surface area contributed by atoms with Gasteiger partial charge in [-0.15, -0.1) is 0 Å². The first-order valence-corrected chi connectivity index (χ1v) is 8.67. The summed E-state index contributed by atoms with van der Waals surface area (Å²) in [5.41, 5.74) is 1.81. The molecule has 1 N–H and O–H groups in total. The number of hydrogen-bond acceptors (Lipinski definition) is 2. The van der Waals surface area contributed by atoms with E-state index in [9.17, 15) is 0 Å². The molecule has 0 bridgehead atoms. The third-order valence-corrected chi connectivity index (χ3v) is 5.67. The Morgan fingerprint density at radius 1 is 1.29 bits per heavy atom. The molecule has 3 unspecified atom stereocenters. The lowest BCUT2D eigenvalue weighted by molar-refractivity contribution is 0.0429. The van der Waals surface area contributed by atoms with Gasteiger partial charge in [0.15, 0.2) is 0 Å². The third kappa shape index (κ3) is 3.32. The van der Waals surface area contributed by atoms with Crippen LogP contribution < -0.4 is 5.32 Å². The van der Waals surface area contributed by atoms with Gasteiger partial charge in [0.05, 0.1) is 0 Å². The summed E-state index contributed by atoms with van der Waals surface area (Å²) < 4.78 is 0. The van der Waals surface area contributed by atoms with Crippen LogP contribution in [0.3, 0.4) is 0 Å². The molecule has 1 saturated carbocycles. The van der Waals surface area contributed by atoms with Gasteiger partial charge >= 0.3 is 0 Å². The minimum Gasteiger partial charge on any atom is -0.308 e. The summed E-state index contributed by atoms with van der Waals surface area (Å²) in [7, 11) is 0. The highest BCUT2D eigenvalue weighted by Crippen LogP contribution is 2.42. The molecular formula is C19H30N2. The van der Waals surface area contributed by atoms with E-state index in [-0.39, 0.29) is 0 Å². The predicted molar refractivity (Wildman–Crippen MR) is 89.5 cm³/mol. The van der Waals surface area contributed by atoms with Crippen LogP contribution in [0.15, 0.2) is 30.3 Å². The number of hydrogen-bond donors (Lipinski definition) is 1. The Hall–Kier alpha value is -0.860. The van der Waals surface area contributed by atoms with Gasteiger partial charge in [-0.3, -0.25) is 4.90 Å². The van der Waals surface area contributed by atoms with Crippen molar-refractivity contribution in [3.05, 3.63) is 35.9 Å². The standard InChI is InChI=1S/C19H30N2/c1-4-15(2)21-14-19(3,17-10-11-17)20-13-18(21)12-16-8-6-5-7-9-16/h5-9,15,17-18,20H,4,10-14H2,1-3H3. The molecule has 0 radical (unpaired) electrons. The first-order valence-electron chi connectivity index (χ1n) is 8.67. The summed E-state index contributed by atoms with van der Waals surface area (Å²) in [6.45, 7) is 9.51.